The van der Waals surface area contributed by atoms with Gasteiger partial charge in [-0.1, -0.05) is 22.0 Å². The number of nitrogens with one attached hydrogen (secondary N) is 1. The third-order valence-electron chi connectivity index (χ3n) is 2.18. The number of H-pyrrole nitrogens is 1. The Hall–Kier alpha value is -1.29. The van der Waals surface area contributed by atoms with Crippen molar-refractivity contribution in [2.24, 2.45) is 0 Å². The zero-order chi connectivity index (χ0) is 11.4. The van der Waals surface area contributed by atoms with Crippen LogP contribution in [0.2, 0.25) is 0 Å². The number of aryl methyl sites for hydroxylation is 1. The maximum absolute atomic E-state index is 5.62. The maximum atomic E-state index is 5.62. The van der Waals surface area contributed by atoms with Crippen molar-refractivity contribution < 1.29 is 4.74 Å². The van der Waals surface area contributed by atoms with Crippen molar-refractivity contribution in [3.8, 4) is 5.75 Å². The predicted octanol–water partition coefficient (Wildman–Crippen LogP) is 3.10. The Morgan fingerprint density at radius 2 is 2.25 bits per heavy atom. The van der Waals surface area contributed by atoms with E-state index in [4.69, 9.17) is 4.74 Å². The smallest absolute Gasteiger partial charge is 0.120 e. The number of benzene rings is 1. The van der Waals surface area contributed by atoms with E-state index >= 15 is 0 Å². The summed E-state index contributed by atoms with van der Waals surface area (Å²) in [7, 11) is 0. The van der Waals surface area contributed by atoms with Crippen LogP contribution in [-0.4, -0.2) is 16.8 Å². The first-order valence-corrected chi connectivity index (χ1v) is 5.92. The minimum absolute atomic E-state index is 0.640. The van der Waals surface area contributed by atoms with E-state index in [0.29, 0.717) is 6.61 Å². The van der Waals surface area contributed by atoms with Crippen LogP contribution in [0.1, 0.15) is 11.4 Å². The highest BCUT2D eigenvalue weighted by atomic mass is 79.9. The molecule has 0 saturated carbocycles. The molecule has 0 fully saturated rings. The van der Waals surface area contributed by atoms with Gasteiger partial charge in [-0.25, -0.2) is 0 Å². The van der Waals surface area contributed by atoms with Gasteiger partial charge in [0.15, 0.2) is 0 Å². The van der Waals surface area contributed by atoms with Gasteiger partial charge < -0.3 is 4.74 Å². The lowest BCUT2D eigenvalue weighted by Crippen LogP contribution is -2.01. The predicted molar refractivity (Wildman–Crippen MR) is 66.7 cm³/mol. The van der Waals surface area contributed by atoms with Crippen LogP contribution in [-0.2, 0) is 6.42 Å². The molecule has 0 bridgehead atoms. The van der Waals surface area contributed by atoms with Gasteiger partial charge in [0.05, 0.1) is 12.3 Å². The first-order valence-electron chi connectivity index (χ1n) is 5.13. The van der Waals surface area contributed by atoms with Crippen LogP contribution in [0.5, 0.6) is 5.75 Å². The second-order valence-corrected chi connectivity index (χ2v) is 4.51. The highest BCUT2D eigenvalue weighted by Crippen LogP contribution is 2.17. The van der Waals surface area contributed by atoms with Crippen LogP contribution in [0, 0.1) is 6.92 Å². The van der Waals surface area contributed by atoms with E-state index in [0.717, 1.165) is 28.0 Å². The summed E-state index contributed by atoms with van der Waals surface area (Å²) < 4.78 is 6.64. The number of rotatable bonds is 4. The molecule has 0 amide bonds. The van der Waals surface area contributed by atoms with Gasteiger partial charge in [-0.05, 0) is 31.2 Å². The summed E-state index contributed by atoms with van der Waals surface area (Å²) in [5, 5.41) is 7.06. The van der Waals surface area contributed by atoms with Crippen molar-refractivity contribution in [3.63, 3.8) is 0 Å². The lowest BCUT2D eigenvalue weighted by atomic mass is 10.3. The van der Waals surface area contributed by atoms with E-state index in [-0.39, 0.29) is 0 Å². The summed E-state index contributed by atoms with van der Waals surface area (Å²) in [5.41, 5.74) is 2.12. The Labute approximate surface area is 103 Å². The van der Waals surface area contributed by atoms with Gasteiger partial charge in [-0.3, -0.25) is 5.10 Å². The molecule has 0 aliphatic heterocycles. The molecule has 0 spiro atoms. The SMILES string of the molecule is Cc1cc(CCOc2cccc(Br)c2)n[nH]1. The lowest BCUT2D eigenvalue weighted by molar-refractivity contribution is 0.320. The second kappa shape index (κ2) is 5.16. The number of ether oxygens (including phenoxy) is 1. The second-order valence-electron chi connectivity index (χ2n) is 3.60. The largest absolute Gasteiger partial charge is 0.493 e. The number of aromatic nitrogens is 2. The van der Waals surface area contributed by atoms with E-state index < -0.39 is 0 Å². The van der Waals surface area contributed by atoms with Crippen molar-refractivity contribution in [3.05, 3.63) is 46.2 Å². The molecule has 0 aliphatic rings. The minimum Gasteiger partial charge on any atom is -0.493 e. The van der Waals surface area contributed by atoms with E-state index in [9.17, 15) is 0 Å². The average Bonchev–Trinajstić information content (AvgIpc) is 2.64. The highest BCUT2D eigenvalue weighted by molar-refractivity contribution is 9.10. The molecular formula is C12H13BrN2O. The summed E-state index contributed by atoms with van der Waals surface area (Å²) in [6.45, 7) is 2.63. The monoisotopic (exact) mass is 280 g/mol. The molecular weight excluding hydrogens is 268 g/mol. The number of nitrogens with zero attached hydrogens (tertiary/aromatic N) is 1. The summed E-state index contributed by atoms with van der Waals surface area (Å²) in [4.78, 5) is 0. The highest BCUT2D eigenvalue weighted by Gasteiger charge is 1.99. The van der Waals surface area contributed by atoms with Crippen molar-refractivity contribution in [2.45, 2.75) is 13.3 Å². The van der Waals surface area contributed by atoms with Gasteiger partial charge in [-0.2, -0.15) is 5.10 Å². The summed E-state index contributed by atoms with van der Waals surface area (Å²) in [6.07, 6.45) is 0.816. The molecule has 3 nitrogen and oxygen atoms in total. The lowest BCUT2D eigenvalue weighted by Gasteiger charge is -2.04. The Balaban J connectivity index is 1.84. The Morgan fingerprint density at radius 1 is 1.38 bits per heavy atom. The Bertz CT molecular complexity index is 468. The van der Waals surface area contributed by atoms with Crippen molar-refractivity contribution in [1.29, 1.82) is 0 Å². The molecule has 0 radical (unpaired) electrons. The number of halogens is 1. The summed E-state index contributed by atoms with van der Waals surface area (Å²) in [6, 6.07) is 9.86. The van der Waals surface area contributed by atoms with Crippen molar-refractivity contribution >= 4 is 15.9 Å². The van der Waals surface area contributed by atoms with Crippen LogP contribution in [0.25, 0.3) is 0 Å². The van der Waals surface area contributed by atoms with E-state index in [1.54, 1.807) is 0 Å². The van der Waals surface area contributed by atoms with Crippen LogP contribution in [0.3, 0.4) is 0 Å². The van der Waals surface area contributed by atoms with Crippen molar-refractivity contribution in [2.75, 3.05) is 6.61 Å². The van der Waals surface area contributed by atoms with E-state index in [2.05, 4.69) is 26.1 Å². The first kappa shape index (κ1) is 11.2. The molecule has 84 valence electrons. The molecule has 1 N–H and O–H groups in total. The average molecular weight is 281 g/mol. The molecule has 0 atom stereocenters. The molecule has 1 aromatic heterocycles. The van der Waals surface area contributed by atoms with Gasteiger partial charge in [0.25, 0.3) is 0 Å². The molecule has 0 aliphatic carbocycles. The zero-order valence-electron chi connectivity index (χ0n) is 9.03. The summed E-state index contributed by atoms with van der Waals surface area (Å²) >= 11 is 3.40. The quantitative estimate of drug-likeness (QED) is 0.935. The third kappa shape index (κ3) is 3.10. The van der Waals surface area contributed by atoms with Gasteiger partial charge >= 0.3 is 0 Å². The fraction of sp³-hybridized carbons (Fsp3) is 0.250. The fourth-order valence-electron chi connectivity index (χ4n) is 1.43. The molecule has 16 heavy (non-hydrogen) atoms. The fourth-order valence-corrected chi connectivity index (χ4v) is 1.81. The molecule has 0 saturated heterocycles. The van der Waals surface area contributed by atoms with Crippen LogP contribution in [0.4, 0.5) is 0 Å². The molecule has 1 aromatic carbocycles. The van der Waals surface area contributed by atoms with Crippen LogP contribution >= 0.6 is 15.9 Å². The van der Waals surface area contributed by atoms with Gasteiger partial charge in [0.1, 0.15) is 5.75 Å². The van der Waals surface area contributed by atoms with Gasteiger partial charge in [0.2, 0.25) is 0 Å². The third-order valence-corrected chi connectivity index (χ3v) is 2.68. The molecule has 1 heterocycles. The molecule has 4 heteroatoms. The zero-order valence-corrected chi connectivity index (χ0v) is 10.6. The van der Waals surface area contributed by atoms with E-state index in [1.165, 1.54) is 0 Å². The summed E-state index contributed by atoms with van der Waals surface area (Å²) in [5.74, 6) is 0.877. The van der Waals surface area contributed by atoms with Gasteiger partial charge in [-0.15, -0.1) is 0 Å². The normalized spacial score (nSPS) is 10.4. The topological polar surface area (TPSA) is 37.9 Å². The van der Waals surface area contributed by atoms with Crippen LogP contribution in [0.15, 0.2) is 34.8 Å². The minimum atomic E-state index is 0.640. The maximum Gasteiger partial charge on any atom is 0.120 e. The number of aromatic amines is 1. The molecule has 2 rings (SSSR count). The number of hydrogen-bond acceptors (Lipinski definition) is 2. The molecule has 0 unspecified atom stereocenters. The molecule has 2 aromatic rings. The van der Waals surface area contributed by atoms with Crippen molar-refractivity contribution in [1.82, 2.24) is 10.2 Å². The van der Waals surface area contributed by atoms with Gasteiger partial charge in [0, 0.05) is 16.6 Å². The Kier molecular flexibility index (Phi) is 3.62. The Morgan fingerprint density at radius 3 is 2.94 bits per heavy atom. The number of hydrogen-bond donors (Lipinski definition) is 1. The van der Waals surface area contributed by atoms with E-state index in [1.807, 2.05) is 37.3 Å². The standard InChI is InChI=1S/C12H13BrN2O/c1-9-7-11(15-14-9)5-6-16-12-4-2-3-10(13)8-12/h2-4,7-8H,5-6H2,1H3,(H,14,15). The van der Waals surface area contributed by atoms with Crippen LogP contribution < -0.4 is 4.74 Å². The first-order chi connectivity index (χ1) is 7.74.